The molecule has 176 valence electrons. The Bertz CT molecular complexity index is 1190. The molecule has 2 aromatic rings. The van der Waals surface area contributed by atoms with Crippen molar-refractivity contribution in [1.29, 1.82) is 0 Å². The second kappa shape index (κ2) is 7.49. The number of rotatable bonds is 4. The number of nitrogens with zero attached hydrogens (tertiary/aromatic N) is 2. The van der Waals surface area contributed by atoms with E-state index in [9.17, 15) is 35.9 Å². The fraction of sp³-hybridized carbons (Fsp3) is 0.579. The first-order valence-corrected chi connectivity index (χ1v) is 9.84. The van der Waals surface area contributed by atoms with Gasteiger partial charge in [0.2, 0.25) is 0 Å². The monoisotopic (exact) mass is 468 g/mol. The molecule has 1 aromatic carbocycles. The average molecular weight is 468 g/mol. The number of halogens is 7. The van der Waals surface area contributed by atoms with Gasteiger partial charge in [0, 0.05) is 30.6 Å². The SMILES string of the molecule is Cc1c(N2CC(F)C(C(N)C(F)(F)F)C2)c(F)c(C(F)F)c2c(=O)[nH]c(=O)n(C3CC3)c12. The molecule has 3 unspecified atom stereocenters. The van der Waals surface area contributed by atoms with Gasteiger partial charge in [-0.3, -0.25) is 14.3 Å². The van der Waals surface area contributed by atoms with Gasteiger partial charge < -0.3 is 10.6 Å². The standard InChI is InChI=1S/C19H19F7N4O2/c1-6-13-11(17(31)28-18(32)30(13)7-2-3-7)10(16(22)23)12(21)14(6)29-4-8(9(20)5-29)15(27)19(24,25)26/h7-9,15-16H,2-5,27H2,1H3,(H,28,31,32). The van der Waals surface area contributed by atoms with E-state index in [-0.39, 0.29) is 11.1 Å². The summed E-state index contributed by atoms with van der Waals surface area (Å²) < 4.78 is 97.7. The Hall–Kier alpha value is -2.57. The molecule has 32 heavy (non-hydrogen) atoms. The summed E-state index contributed by atoms with van der Waals surface area (Å²) in [6.07, 6.45) is -9.43. The number of aromatic amines is 1. The molecule has 1 aliphatic heterocycles. The predicted molar refractivity (Wildman–Crippen MR) is 101 cm³/mol. The molecule has 13 heteroatoms. The molecular weight excluding hydrogens is 449 g/mol. The molecule has 2 heterocycles. The zero-order chi connectivity index (χ0) is 23.7. The number of fused-ring (bicyclic) bond motifs is 1. The normalized spacial score (nSPS) is 22.9. The molecule has 1 saturated heterocycles. The molecule has 3 N–H and O–H groups in total. The summed E-state index contributed by atoms with van der Waals surface area (Å²) in [5.74, 6) is -3.28. The molecular formula is C19H19F7N4O2. The quantitative estimate of drug-likeness (QED) is 0.676. The fourth-order valence-electron chi connectivity index (χ4n) is 4.50. The highest BCUT2D eigenvalue weighted by molar-refractivity contribution is 5.90. The van der Waals surface area contributed by atoms with Gasteiger partial charge in [-0.25, -0.2) is 22.4 Å². The summed E-state index contributed by atoms with van der Waals surface area (Å²) in [7, 11) is 0. The van der Waals surface area contributed by atoms with E-state index in [0.717, 1.165) is 9.47 Å². The maximum absolute atomic E-state index is 15.3. The third-order valence-electron chi connectivity index (χ3n) is 6.14. The second-order valence-electron chi connectivity index (χ2n) is 8.24. The van der Waals surface area contributed by atoms with Gasteiger partial charge >= 0.3 is 11.9 Å². The number of aromatic nitrogens is 2. The van der Waals surface area contributed by atoms with Crippen molar-refractivity contribution in [3.05, 3.63) is 37.8 Å². The van der Waals surface area contributed by atoms with E-state index in [1.807, 2.05) is 4.98 Å². The van der Waals surface area contributed by atoms with Crippen LogP contribution in [0.15, 0.2) is 9.59 Å². The number of nitrogens with two attached hydrogens (primary N) is 1. The second-order valence-corrected chi connectivity index (χ2v) is 8.24. The first-order chi connectivity index (χ1) is 14.8. The van der Waals surface area contributed by atoms with Crippen LogP contribution >= 0.6 is 0 Å². The van der Waals surface area contributed by atoms with Crippen molar-refractivity contribution in [2.24, 2.45) is 11.7 Å². The van der Waals surface area contributed by atoms with E-state index in [0.29, 0.717) is 12.8 Å². The van der Waals surface area contributed by atoms with Gasteiger partial charge in [0.15, 0.2) is 5.82 Å². The molecule has 0 amide bonds. The third kappa shape index (κ3) is 3.46. The highest BCUT2D eigenvalue weighted by Crippen LogP contribution is 2.43. The summed E-state index contributed by atoms with van der Waals surface area (Å²) in [6.45, 7) is -0.125. The Balaban J connectivity index is 1.96. The number of alkyl halides is 6. The lowest BCUT2D eigenvalue weighted by Gasteiger charge is -2.26. The predicted octanol–water partition coefficient (Wildman–Crippen LogP) is 3.07. The van der Waals surface area contributed by atoms with E-state index >= 15 is 4.39 Å². The van der Waals surface area contributed by atoms with Crippen molar-refractivity contribution in [2.45, 2.75) is 50.6 Å². The van der Waals surface area contributed by atoms with Gasteiger partial charge in [-0.1, -0.05) is 0 Å². The van der Waals surface area contributed by atoms with Crippen molar-refractivity contribution in [3.63, 3.8) is 0 Å². The summed E-state index contributed by atoms with van der Waals surface area (Å²) in [4.78, 5) is 27.6. The number of hydrogen-bond acceptors (Lipinski definition) is 4. The van der Waals surface area contributed by atoms with Crippen LogP contribution in [0.3, 0.4) is 0 Å². The molecule has 4 rings (SSSR count). The first-order valence-electron chi connectivity index (χ1n) is 9.84. The molecule has 0 radical (unpaired) electrons. The Kier molecular flexibility index (Phi) is 5.30. The molecule has 0 bridgehead atoms. The minimum Gasteiger partial charge on any atom is -0.365 e. The van der Waals surface area contributed by atoms with Crippen LogP contribution in [-0.4, -0.2) is 41.0 Å². The van der Waals surface area contributed by atoms with Crippen molar-refractivity contribution >= 4 is 16.6 Å². The number of nitrogens with one attached hydrogen (secondary N) is 1. The Labute approximate surface area is 175 Å². The molecule has 6 nitrogen and oxygen atoms in total. The van der Waals surface area contributed by atoms with Crippen LogP contribution in [0, 0.1) is 18.7 Å². The molecule has 1 saturated carbocycles. The van der Waals surface area contributed by atoms with Crippen LogP contribution in [0.2, 0.25) is 0 Å². The van der Waals surface area contributed by atoms with Crippen molar-refractivity contribution in [1.82, 2.24) is 9.55 Å². The summed E-state index contributed by atoms with van der Waals surface area (Å²) in [6, 6.07) is -2.93. The summed E-state index contributed by atoms with van der Waals surface area (Å²) in [5.41, 5.74) is 0.897. The van der Waals surface area contributed by atoms with Crippen LogP contribution in [0.1, 0.15) is 36.4 Å². The van der Waals surface area contributed by atoms with Crippen LogP contribution in [0.25, 0.3) is 10.9 Å². The Morgan fingerprint density at radius 3 is 2.31 bits per heavy atom. The zero-order valence-corrected chi connectivity index (χ0v) is 16.6. The number of H-pyrrole nitrogens is 1. The zero-order valence-electron chi connectivity index (χ0n) is 16.6. The van der Waals surface area contributed by atoms with Gasteiger partial charge in [0.1, 0.15) is 12.2 Å². The van der Waals surface area contributed by atoms with E-state index in [2.05, 4.69) is 0 Å². The summed E-state index contributed by atoms with van der Waals surface area (Å²) in [5, 5.41) is -0.704. The molecule has 3 atom stereocenters. The largest absolute Gasteiger partial charge is 0.404 e. The van der Waals surface area contributed by atoms with Crippen LogP contribution in [-0.2, 0) is 0 Å². The minimum atomic E-state index is -4.91. The van der Waals surface area contributed by atoms with Gasteiger partial charge in [-0.05, 0) is 19.8 Å². The Morgan fingerprint density at radius 1 is 1.16 bits per heavy atom. The van der Waals surface area contributed by atoms with E-state index in [4.69, 9.17) is 5.73 Å². The van der Waals surface area contributed by atoms with Gasteiger partial charge in [0.05, 0.1) is 22.2 Å². The van der Waals surface area contributed by atoms with Crippen LogP contribution in [0.5, 0.6) is 0 Å². The van der Waals surface area contributed by atoms with Crippen LogP contribution < -0.4 is 21.9 Å². The molecule has 1 aliphatic carbocycles. The van der Waals surface area contributed by atoms with Crippen molar-refractivity contribution in [2.75, 3.05) is 18.0 Å². The molecule has 2 aliphatic rings. The maximum Gasteiger partial charge on any atom is 0.404 e. The highest BCUT2D eigenvalue weighted by atomic mass is 19.4. The number of hydrogen-bond donors (Lipinski definition) is 2. The van der Waals surface area contributed by atoms with Crippen molar-refractivity contribution < 1.29 is 30.7 Å². The maximum atomic E-state index is 15.3. The Morgan fingerprint density at radius 2 is 1.78 bits per heavy atom. The summed E-state index contributed by atoms with van der Waals surface area (Å²) >= 11 is 0. The number of aryl methyl sites for hydroxylation is 1. The van der Waals surface area contributed by atoms with Gasteiger partial charge in [-0.2, -0.15) is 13.2 Å². The van der Waals surface area contributed by atoms with Crippen molar-refractivity contribution in [3.8, 4) is 0 Å². The number of benzene rings is 1. The third-order valence-corrected chi connectivity index (χ3v) is 6.14. The smallest absolute Gasteiger partial charge is 0.365 e. The number of anilines is 1. The lowest BCUT2D eigenvalue weighted by Crippen LogP contribution is -2.47. The average Bonchev–Trinajstić information content (AvgIpc) is 3.43. The minimum absolute atomic E-state index is 0.106. The van der Waals surface area contributed by atoms with E-state index in [1.165, 1.54) is 6.92 Å². The molecule has 0 spiro atoms. The molecule has 2 fully saturated rings. The first kappa shape index (κ1) is 22.6. The molecule has 1 aromatic heterocycles. The van der Waals surface area contributed by atoms with E-state index < -0.39 is 83.6 Å². The lowest BCUT2D eigenvalue weighted by atomic mass is 9.97. The van der Waals surface area contributed by atoms with E-state index in [1.54, 1.807) is 0 Å². The lowest BCUT2D eigenvalue weighted by molar-refractivity contribution is -0.161. The topological polar surface area (TPSA) is 84.1 Å². The van der Waals surface area contributed by atoms with Gasteiger partial charge in [-0.15, -0.1) is 0 Å². The van der Waals surface area contributed by atoms with Gasteiger partial charge in [0.25, 0.3) is 12.0 Å². The van der Waals surface area contributed by atoms with Crippen LogP contribution in [0.4, 0.5) is 36.4 Å². The fourth-order valence-corrected chi connectivity index (χ4v) is 4.50. The highest BCUT2D eigenvalue weighted by Gasteiger charge is 2.49.